The smallest absolute Gasteiger partial charge is 0.248 e. The van der Waals surface area contributed by atoms with Crippen molar-refractivity contribution in [1.82, 2.24) is 9.78 Å². The van der Waals surface area contributed by atoms with Gasteiger partial charge in [-0.15, -0.1) is 0 Å². The number of carbonyl (C=O) groups is 1. The fourth-order valence-electron chi connectivity index (χ4n) is 2.78. The lowest BCUT2D eigenvalue weighted by Gasteiger charge is -2.08. The largest absolute Gasteiger partial charge is 0.319 e. The molecule has 0 atom stereocenters. The van der Waals surface area contributed by atoms with Crippen molar-refractivity contribution in [2.24, 2.45) is 0 Å². The lowest BCUT2D eigenvalue weighted by Crippen LogP contribution is -2.10. The summed E-state index contributed by atoms with van der Waals surface area (Å²) in [6.45, 7) is 3.69. The molecule has 1 N–H and O–H groups in total. The molecule has 2 aromatic carbocycles. The molecule has 0 aliphatic heterocycles. The maximum absolute atomic E-state index is 14.0. The van der Waals surface area contributed by atoms with E-state index in [0.29, 0.717) is 33.2 Å². The first-order valence-corrected chi connectivity index (χ1v) is 8.94. The molecule has 1 amide bonds. The molecule has 0 saturated carbocycles. The molecule has 0 fully saturated rings. The Hall–Kier alpha value is -2.99. The SMILES string of the molecule is Cc1nn(Cc2c(F)cccc2Cl)c(C)c1NC(=O)/C=C/c1ccc(F)cc1. The quantitative estimate of drug-likeness (QED) is 0.602. The Morgan fingerprint density at radius 2 is 1.89 bits per heavy atom. The second-order valence-corrected chi connectivity index (χ2v) is 6.69. The van der Waals surface area contributed by atoms with Gasteiger partial charge in [-0.2, -0.15) is 5.10 Å². The minimum atomic E-state index is -0.409. The van der Waals surface area contributed by atoms with Gasteiger partial charge in [0, 0.05) is 16.7 Å². The number of benzene rings is 2. The van der Waals surface area contributed by atoms with E-state index in [1.165, 1.54) is 24.3 Å². The van der Waals surface area contributed by atoms with Gasteiger partial charge in [0.1, 0.15) is 11.6 Å². The molecule has 144 valence electrons. The Morgan fingerprint density at radius 1 is 1.18 bits per heavy atom. The minimum Gasteiger partial charge on any atom is -0.319 e. The van der Waals surface area contributed by atoms with E-state index in [9.17, 15) is 13.6 Å². The highest BCUT2D eigenvalue weighted by molar-refractivity contribution is 6.31. The third-order valence-corrected chi connectivity index (χ3v) is 4.65. The Kier molecular flexibility index (Phi) is 5.90. The van der Waals surface area contributed by atoms with Crippen LogP contribution in [0.15, 0.2) is 48.5 Å². The van der Waals surface area contributed by atoms with Crippen molar-refractivity contribution in [1.29, 1.82) is 0 Å². The molecular weight excluding hydrogens is 384 g/mol. The molecule has 0 radical (unpaired) electrons. The summed E-state index contributed by atoms with van der Waals surface area (Å²) >= 11 is 6.09. The van der Waals surface area contributed by atoms with Gasteiger partial charge >= 0.3 is 0 Å². The number of nitrogens with one attached hydrogen (secondary N) is 1. The number of halogens is 3. The van der Waals surface area contributed by atoms with Crippen molar-refractivity contribution in [3.8, 4) is 0 Å². The molecule has 0 spiro atoms. The molecule has 0 unspecified atom stereocenters. The first kappa shape index (κ1) is 19.8. The van der Waals surface area contributed by atoms with Crippen LogP contribution < -0.4 is 5.32 Å². The van der Waals surface area contributed by atoms with Gasteiger partial charge in [-0.3, -0.25) is 9.48 Å². The lowest BCUT2D eigenvalue weighted by molar-refractivity contribution is -0.111. The number of amides is 1. The Labute approximate surface area is 166 Å². The fraction of sp³-hybridized carbons (Fsp3) is 0.143. The van der Waals surface area contributed by atoms with Gasteiger partial charge in [0.15, 0.2) is 0 Å². The second kappa shape index (κ2) is 8.35. The van der Waals surface area contributed by atoms with Crippen LogP contribution in [0, 0.1) is 25.5 Å². The molecule has 1 heterocycles. The molecule has 0 bridgehead atoms. The van der Waals surface area contributed by atoms with E-state index in [1.54, 1.807) is 48.9 Å². The van der Waals surface area contributed by atoms with Gasteiger partial charge in [0.2, 0.25) is 5.91 Å². The summed E-state index contributed by atoms with van der Waals surface area (Å²) in [5.41, 5.74) is 2.88. The van der Waals surface area contributed by atoms with Crippen molar-refractivity contribution < 1.29 is 13.6 Å². The van der Waals surface area contributed by atoms with Crippen molar-refractivity contribution >= 4 is 29.3 Å². The second-order valence-electron chi connectivity index (χ2n) is 6.28. The topological polar surface area (TPSA) is 46.9 Å². The third kappa shape index (κ3) is 4.46. The van der Waals surface area contributed by atoms with E-state index < -0.39 is 5.82 Å². The van der Waals surface area contributed by atoms with E-state index in [2.05, 4.69) is 10.4 Å². The zero-order chi connectivity index (χ0) is 20.3. The van der Waals surface area contributed by atoms with Gasteiger partial charge in [-0.1, -0.05) is 29.8 Å². The highest BCUT2D eigenvalue weighted by atomic mass is 35.5. The summed E-state index contributed by atoms with van der Waals surface area (Å²) in [4.78, 5) is 12.2. The molecule has 0 aliphatic carbocycles. The maximum Gasteiger partial charge on any atom is 0.248 e. The van der Waals surface area contributed by atoms with Crippen LogP contribution in [0.1, 0.15) is 22.5 Å². The molecule has 0 aliphatic rings. The van der Waals surface area contributed by atoms with Crippen molar-refractivity contribution in [2.75, 3.05) is 5.32 Å². The number of hydrogen-bond acceptors (Lipinski definition) is 2. The average molecular weight is 402 g/mol. The normalized spacial score (nSPS) is 11.2. The van der Waals surface area contributed by atoms with E-state index in [0.717, 1.165) is 0 Å². The van der Waals surface area contributed by atoms with Crippen molar-refractivity contribution in [3.63, 3.8) is 0 Å². The van der Waals surface area contributed by atoms with Crippen LogP contribution >= 0.6 is 11.6 Å². The summed E-state index contributed by atoms with van der Waals surface area (Å²) in [6.07, 6.45) is 2.94. The summed E-state index contributed by atoms with van der Waals surface area (Å²) in [5.74, 6) is -1.10. The molecular formula is C21H18ClF2N3O. The molecule has 0 saturated heterocycles. The average Bonchev–Trinajstić information content (AvgIpc) is 2.92. The lowest BCUT2D eigenvalue weighted by atomic mass is 10.2. The zero-order valence-electron chi connectivity index (χ0n) is 15.3. The van der Waals surface area contributed by atoms with Crippen LogP contribution in [0.3, 0.4) is 0 Å². The number of hydrogen-bond donors (Lipinski definition) is 1. The third-order valence-electron chi connectivity index (χ3n) is 4.30. The summed E-state index contributed by atoms with van der Waals surface area (Å²) in [6, 6.07) is 10.3. The number of nitrogens with zero attached hydrogens (tertiary/aromatic N) is 2. The highest BCUT2D eigenvalue weighted by Gasteiger charge is 2.16. The van der Waals surface area contributed by atoms with Crippen LogP contribution in [0.25, 0.3) is 6.08 Å². The van der Waals surface area contributed by atoms with Crippen molar-refractivity contribution in [3.05, 3.63) is 87.7 Å². The molecule has 4 nitrogen and oxygen atoms in total. The predicted molar refractivity (Wildman–Crippen MR) is 106 cm³/mol. The number of carbonyl (C=O) groups excluding carboxylic acids is 1. The van der Waals surface area contributed by atoms with Gasteiger partial charge in [-0.25, -0.2) is 8.78 Å². The van der Waals surface area contributed by atoms with Crippen molar-refractivity contribution in [2.45, 2.75) is 20.4 Å². The predicted octanol–water partition coefficient (Wildman–Crippen LogP) is 5.13. The number of anilines is 1. The van der Waals surface area contributed by atoms with Crippen LogP contribution in [-0.2, 0) is 11.3 Å². The molecule has 28 heavy (non-hydrogen) atoms. The highest BCUT2D eigenvalue weighted by Crippen LogP contribution is 2.24. The summed E-state index contributed by atoms with van der Waals surface area (Å²) in [7, 11) is 0. The Morgan fingerprint density at radius 3 is 2.57 bits per heavy atom. The minimum absolute atomic E-state index is 0.152. The van der Waals surface area contributed by atoms with E-state index in [-0.39, 0.29) is 18.3 Å². The fourth-order valence-corrected chi connectivity index (χ4v) is 3.00. The number of rotatable bonds is 5. The van der Waals surface area contributed by atoms with Crippen LogP contribution in [0.2, 0.25) is 5.02 Å². The van der Waals surface area contributed by atoms with Gasteiger partial charge in [-0.05, 0) is 49.8 Å². The monoisotopic (exact) mass is 401 g/mol. The molecule has 3 rings (SSSR count). The first-order chi connectivity index (χ1) is 13.3. The van der Waals surface area contributed by atoms with E-state index in [1.807, 2.05) is 0 Å². The van der Waals surface area contributed by atoms with Gasteiger partial charge < -0.3 is 5.32 Å². The zero-order valence-corrected chi connectivity index (χ0v) is 16.1. The van der Waals surface area contributed by atoms with Gasteiger partial charge in [0.25, 0.3) is 0 Å². The molecule has 3 aromatic rings. The molecule has 7 heteroatoms. The van der Waals surface area contributed by atoms with Crippen LogP contribution in [0.5, 0.6) is 0 Å². The Balaban J connectivity index is 1.76. The standard InChI is InChI=1S/C21H18ClF2N3O/c1-13-21(25-20(28)11-8-15-6-9-16(23)10-7-15)14(2)27(26-13)12-17-18(22)4-3-5-19(17)24/h3-11H,12H2,1-2H3,(H,25,28)/b11-8+. The molecule has 1 aromatic heterocycles. The number of aryl methyl sites for hydroxylation is 1. The van der Waals surface area contributed by atoms with Gasteiger partial charge in [0.05, 0.1) is 23.6 Å². The Bertz CT molecular complexity index is 1020. The maximum atomic E-state index is 14.0. The van der Waals surface area contributed by atoms with Crippen LogP contribution in [-0.4, -0.2) is 15.7 Å². The number of aromatic nitrogens is 2. The summed E-state index contributed by atoms with van der Waals surface area (Å²) < 4.78 is 28.6. The van der Waals surface area contributed by atoms with Crippen LogP contribution in [0.4, 0.5) is 14.5 Å². The first-order valence-electron chi connectivity index (χ1n) is 8.56. The van der Waals surface area contributed by atoms with E-state index in [4.69, 9.17) is 11.6 Å². The summed E-state index contributed by atoms with van der Waals surface area (Å²) in [5, 5.41) is 7.49. The van der Waals surface area contributed by atoms with E-state index >= 15 is 0 Å².